The van der Waals surface area contributed by atoms with Gasteiger partial charge in [-0.2, -0.15) is 17.4 Å². The number of hydrogen-bond donors (Lipinski definition) is 1. The first kappa shape index (κ1) is 19.6. The fraction of sp³-hybridized carbons (Fsp3) is 0.389. The van der Waals surface area contributed by atoms with Gasteiger partial charge in [-0.1, -0.05) is 0 Å². The van der Waals surface area contributed by atoms with E-state index in [1.165, 1.54) is 4.31 Å². The highest BCUT2D eigenvalue weighted by atomic mass is 32.2. The van der Waals surface area contributed by atoms with Crippen LogP contribution in [0, 0.1) is 0 Å². The molecule has 1 N–H and O–H groups in total. The SMILES string of the molecule is CCOc1ccc(Oc2cc(CNS(=O)(=O)N3CCOCC3)ccn2)cc1. The van der Waals surface area contributed by atoms with E-state index >= 15 is 0 Å². The average Bonchev–Trinajstić information content (AvgIpc) is 2.69. The Balaban J connectivity index is 1.59. The zero-order valence-corrected chi connectivity index (χ0v) is 15.9. The molecule has 1 aromatic carbocycles. The Morgan fingerprint density at radius 1 is 1.15 bits per heavy atom. The van der Waals surface area contributed by atoms with Gasteiger partial charge in [0.15, 0.2) is 0 Å². The van der Waals surface area contributed by atoms with Gasteiger partial charge in [0.25, 0.3) is 10.2 Å². The zero-order chi connectivity index (χ0) is 19.1. The van der Waals surface area contributed by atoms with Crippen LogP contribution < -0.4 is 14.2 Å². The minimum absolute atomic E-state index is 0.155. The lowest BCUT2D eigenvalue weighted by Crippen LogP contribution is -2.46. The molecule has 1 aliphatic heterocycles. The Labute approximate surface area is 159 Å². The minimum Gasteiger partial charge on any atom is -0.494 e. The molecule has 9 heteroatoms. The molecule has 1 saturated heterocycles. The second kappa shape index (κ2) is 9.14. The van der Waals surface area contributed by atoms with E-state index < -0.39 is 10.2 Å². The van der Waals surface area contributed by atoms with Crippen molar-refractivity contribution in [2.45, 2.75) is 13.5 Å². The van der Waals surface area contributed by atoms with E-state index in [4.69, 9.17) is 14.2 Å². The molecule has 0 spiro atoms. The molecule has 1 fully saturated rings. The van der Waals surface area contributed by atoms with Gasteiger partial charge < -0.3 is 14.2 Å². The number of benzene rings is 1. The summed E-state index contributed by atoms with van der Waals surface area (Å²) in [6, 6.07) is 10.7. The van der Waals surface area contributed by atoms with E-state index in [0.29, 0.717) is 44.5 Å². The quantitative estimate of drug-likeness (QED) is 0.737. The normalized spacial score (nSPS) is 15.4. The molecular weight excluding hydrogens is 370 g/mol. The molecule has 3 rings (SSSR count). The van der Waals surface area contributed by atoms with Crippen LogP contribution in [0.4, 0.5) is 0 Å². The molecule has 1 aromatic heterocycles. The van der Waals surface area contributed by atoms with Crippen molar-refractivity contribution < 1.29 is 22.6 Å². The molecule has 1 aliphatic rings. The van der Waals surface area contributed by atoms with Crippen LogP contribution in [0.3, 0.4) is 0 Å². The van der Waals surface area contributed by atoms with Crippen LogP contribution in [0.2, 0.25) is 0 Å². The number of aromatic nitrogens is 1. The summed E-state index contributed by atoms with van der Waals surface area (Å²) in [6.45, 7) is 4.22. The summed E-state index contributed by atoms with van der Waals surface area (Å²) >= 11 is 0. The van der Waals surface area contributed by atoms with Crippen molar-refractivity contribution in [3.8, 4) is 17.4 Å². The van der Waals surface area contributed by atoms with Crippen molar-refractivity contribution >= 4 is 10.2 Å². The highest BCUT2D eigenvalue weighted by Crippen LogP contribution is 2.23. The van der Waals surface area contributed by atoms with Gasteiger partial charge in [-0.3, -0.25) is 0 Å². The predicted molar refractivity (Wildman–Crippen MR) is 100 cm³/mol. The minimum atomic E-state index is -3.54. The summed E-state index contributed by atoms with van der Waals surface area (Å²) < 4.78 is 44.9. The van der Waals surface area contributed by atoms with Crippen LogP contribution in [0.15, 0.2) is 42.6 Å². The van der Waals surface area contributed by atoms with Gasteiger partial charge in [0, 0.05) is 31.9 Å². The lowest BCUT2D eigenvalue weighted by Gasteiger charge is -2.26. The number of nitrogens with one attached hydrogen (secondary N) is 1. The maximum atomic E-state index is 12.3. The second-order valence-corrected chi connectivity index (χ2v) is 7.60. The fourth-order valence-electron chi connectivity index (χ4n) is 2.56. The van der Waals surface area contributed by atoms with Crippen molar-refractivity contribution in [2.24, 2.45) is 0 Å². The van der Waals surface area contributed by atoms with E-state index in [1.807, 2.05) is 19.1 Å². The maximum Gasteiger partial charge on any atom is 0.279 e. The molecule has 0 amide bonds. The molecule has 0 unspecified atom stereocenters. The lowest BCUT2D eigenvalue weighted by molar-refractivity contribution is 0.0725. The summed E-state index contributed by atoms with van der Waals surface area (Å²) in [6.07, 6.45) is 1.59. The predicted octanol–water partition coefficient (Wildman–Crippen LogP) is 1.94. The van der Waals surface area contributed by atoms with Crippen LogP contribution in [0.25, 0.3) is 0 Å². The molecule has 0 radical (unpaired) electrons. The largest absolute Gasteiger partial charge is 0.494 e. The molecule has 0 saturated carbocycles. The number of rotatable bonds is 8. The van der Waals surface area contributed by atoms with Crippen LogP contribution in [0.1, 0.15) is 12.5 Å². The van der Waals surface area contributed by atoms with Crippen LogP contribution >= 0.6 is 0 Å². The molecule has 27 heavy (non-hydrogen) atoms. The van der Waals surface area contributed by atoms with E-state index in [2.05, 4.69) is 9.71 Å². The third-order valence-corrected chi connectivity index (χ3v) is 5.48. The number of hydrogen-bond acceptors (Lipinski definition) is 6. The van der Waals surface area contributed by atoms with Gasteiger partial charge in [0.05, 0.1) is 19.8 Å². The van der Waals surface area contributed by atoms with Crippen LogP contribution in [0.5, 0.6) is 17.4 Å². The van der Waals surface area contributed by atoms with Gasteiger partial charge in [0.2, 0.25) is 5.88 Å². The monoisotopic (exact) mass is 393 g/mol. The Bertz CT molecular complexity index is 836. The third-order valence-electron chi connectivity index (χ3n) is 3.93. The molecular formula is C18H23N3O5S. The van der Waals surface area contributed by atoms with Gasteiger partial charge in [-0.05, 0) is 42.8 Å². The van der Waals surface area contributed by atoms with Gasteiger partial charge in [-0.25, -0.2) is 4.98 Å². The average molecular weight is 393 g/mol. The smallest absolute Gasteiger partial charge is 0.279 e. The van der Waals surface area contributed by atoms with Crippen molar-refractivity contribution in [1.29, 1.82) is 0 Å². The van der Waals surface area contributed by atoms with Crippen LogP contribution in [-0.2, 0) is 21.5 Å². The first-order valence-corrected chi connectivity index (χ1v) is 10.2. The highest BCUT2D eigenvalue weighted by Gasteiger charge is 2.23. The highest BCUT2D eigenvalue weighted by molar-refractivity contribution is 7.87. The van der Waals surface area contributed by atoms with Crippen molar-refractivity contribution in [3.05, 3.63) is 48.2 Å². The summed E-state index contributed by atoms with van der Waals surface area (Å²) in [7, 11) is -3.54. The van der Waals surface area contributed by atoms with Crippen molar-refractivity contribution in [3.63, 3.8) is 0 Å². The Kier molecular flexibility index (Phi) is 6.62. The number of nitrogens with zero attached hydrogens (tertiary/aromatic N) is 2. The summed E-state index contributed by atoms with van der Waals surface area (Å²) in [4.78, 5) is 4.17. The van der Waals surface area contributed by atoms with Gasteiger partial charge >= 0.3 is 0 Å². The number of ether oxygens (including phenoxy) is 3. The molecule has 0 bridgehead atoms. The van der Waals surface area contributed by atoms with Crippen molar-refractivity contribution in [2.75, 3.05) is 32.9 Å². The molecule has 8 nitrogen and oxygen atoms in total. The zero-order valence-electron chi connectivity index (χ0n) is 15.1. The molecule has 2 heterocycles. The maximum absolute atomic E-state index is 12.3. The molecule has 146 valence electrons. The van der Waals surface area contributed by atoms with E-state index in [0.717, 1.165) is 11.3 Å². The van der Waals surface area contributed by atoms with Crippen molar-refractivity contribution in [1.82, 2.24) is 14.0 Å². The number of morpholine rings is 1. The Morgan fingerprint density at radius 2 is 1.85 bits per heavy atom. The fourth-order valence-corrected chi connectivity index (χ4v) is 3.72. The first-order valence-electron chi connectivity index (χ1n) is 8.75. The van der Waals surface area contributed by atoms with E-state index in [9.17, 15) is 8.42 Å². The second-order valence-electron chi connectivity index (χ2n) is 5.85. The Morgan fingerprint density at radius 3 is 2.56 bits per heavy atom. The molecule has 0 aliphatic carbocycles. The topological polar surface area (TPSA) is 90.0 Å². The first-order chi connectivity index (χ1) is 13.1. The summed E-state index contributed by atoms with van der Waals surface area (Å²) in [5.74, 6) is 1.78. The number of pyridine rings is 1. The summed E-state index contributed by atoms with van der Waals surface area (Å²) in [5.41, 5.74) is 0.753. The van der Waals surface area contributed by atoms with E-state index in [1.54, 1.807) is 30.5 Å². The summed E-state index contributed by atoms with van der Waals surface area (Å²) in [5, 5.41) is 0. The Hall–Kier alpha value is -2.20. The molecule has 0 atom stereocenters. The van der Waals surface area contributed by atoms with Crippen LogP contribution in [-0.4, -0.2) is 50.6 Å². The molecule has 2 aromatic rings. The third kappa shape index (κ3) is 5.64. The van der Waals surface area contributed by atoms with Gasteiger partial charge in [0.1, 0.15) is 11.5 Å². The standard InChI is InChI=1S/C18H23N3O5S/c1-2-25-16-3-5-17(6-4-16)26-18-13-15(7-8-19-18)14-20-27(22,23)21-9-11-24-12-10-21/h3-8,13,20H,2,9-12,14H2,1H3. The lowest BCUT2D eigenvalue weighted by atomic mass is 10.3. The van der Waals surface area contributed by atoms with Gasteiger partial charge in [-0.15, -0.1) is 0 Å². The van der Waals surface area contributed by atoms with E-state index in [-0.39, 0.29) is 6.54 Å².